The van der Waals surface area contributed by atoms with Gasteiger partial charge in [0.05, 0.1) is 5.41 Å². The Balaban J connectivity index is 2.11. The lowest BCUT2D eigenvalue weighted by molar-refractivity contribution is -0.149. The van der Waals surface area contributed by atoms with Crippen LogP contribution in [-0.2, 0) is 9.59 Å². The van der Waals surface area contributed by atoms with Crippen LogP contribution in [0.4, 0.5) is 0 Å². The van der Waals surface area contributed by atoms with Crippen molar-refractivity contribution in [2.75, 3.05) is 0 Å². The normalized spacial score (nSPS) is 41.7. The molecule has 0 amide bonds. The average molecular weight is 300 g/mol. The van der Waals surface area contributed by atoms with Crippen LogP contribution in [-0.4, -0.2) is 11.6 Å². The molecule has 0 aromatic rings. The summed E-state index contributed by atoms with van der Waals surface area (Å²) in [6.45, 7) is 10.7. The van der Waals surface area contributed by atoms with Gasteiger partial charge in [0, 0.05) is 12.3 Å². The van der Waals surface area contributed by atoms with Crippen LogP contribution in [0.2, 0.25) is 0 Å². The molecule has 120 valence electrons. The number of carbonyl (C=O) groups excluding carboxylic acids is 2. The molecule has 0 spiro atoms. The molecular weight excluding hydrogens is 272 g/mol. The SMILES string of the molecule is CC1=CCC2(C)CC(=O)C3(C)C(=O)C=C(C(C)C)C3C2CC1. The predicted octanol–water partition coefficient (Wildman–Crippen LogP) is 4.50. The van der Waals surface area contributed by atoms with Crippen LogP contribution in [0.15, 0.2) is 23.3 Å². The minimum absolute atomic E-state index is 0.0115. The van der Waals surface area contributed by atoms with E-state index >= 15 is 0 Å². The molecule has 1 fully saturated rings. The van der Waals surface area contributed by atoms with Crippen molar-refractivity contribution in [3.63, 3.8) is 0 Å². The smallest absolute Gasteiger partial charge is 0.169 e. The van der Waals surface area contributed by atoms with Crippen LogP contribution in [0.25, 0.3) is 0 Å². The zero-order chi connectivity index (χ0) is 16.3. The Bertz CT molecular complexity index is 595. The molecule has 0 N–H and O–H groups in total. The topological polar surface area (TPSA) is 34.1 Å². The van der Waals surface area contributed by atoms with E-state index in [1.807, 2.05) is 13.0 Å². The number of rotatable bonds is 1. The Labute approximate surface area is 134 Å². The summed E-state index contributed by atoms with van der Waals surface area (Å²) in [7, 11) is 0. The van der Waals surface area contributed by atoms with Gasteiger partial charge in [0.1, 0.15) is 5.78 Å². The maximum absolute atomic E-state index is 13.0. The zero-order valence-electron chi connectivity index (χ0n) is 14.5. The third kappa shape index (κ3) is 1.99. The monoisotopic (exact) mass is 300 g/mol. The summed E-state index contributed by atoms with van der Waals surface area (Å²) in [5, 5.41) is 0. The van der Waals surface area contributed by atoms with Crippen LogP contribution < -0.4 is 0 Å². The van der Waals surface area contributed by atoms with Crippen molar-refractivity contribution in [1.82, 2.24) is 0 Å². The van der Waals surface area contributed by atoms with Gasteiger partial charge in [-0.15, -0.1) is 0 Å². The summed E-state index contributed by atoms with van der Waals surface area (Å²) >= 11 is 0. The summed E-state index contributed by atoms with van der Waals surface area (Å²) < 4.78 is 0. The van der Waals surface area contributed by atoms with Crippen LogP contribution in [0, 0.1) is 28.6 Å². The number of carbonyl (C=O) groups is 2. The largest absolute Gasteiger partial charge is 0.299 e. The molecule has 2 heteroatoms. The number of ketones is 2. The van der Waals surface area contributed by atoms with Gasteiger partial charge >= 0.3 is 0 Å². The first-order valence-electron chi connectivity index (χ1n) is 8.65. The zero-order valence-corrected chi connectivity index (χ0v) is 14.5. The van der Waals surface area contributed by atoms with Crippen LogP contribution in [0.3, 0.4) is 0 Å². The molecule has 1 saturated carbocycles. The molecule has 3 rings (SSSR count). The quantitative estimate of drug-likeness (QED) is 0.528. The molecular formula is C20H28O2. The molecule has 0 aliphatic heterocycles. The van der Waals surface area contributed by atoms with E-state index in [9.17, 15) is 9.59 Å². The molecule has 0 aromatic heterocycles. The van der Waals surface area contributed by atoms with E-state index in [4.69, 9.17) is 0 Å². The number of hydrogen-bond acceptors (Lipinski definition) is 2. The lowest BCUT2D eigenvalue weighted by Crippen LogP contribution is -2.53. The van der Waals surface area contributed by atoms with Gasteiger partial charge in [-0.1, -0.05) is 38.0 Å². The third-order valence-electron chi connectivity index (χ3n) is 6.67. The third-order valence-corrected chi connectivity index (χ3v) is 6.67. The Hall–Kier alpha value is -1.18. The predicted molar refractivity (Wildman–Crippen MR) is 88.4 cm³/mol. The van der Waals surface area contributed by atoms with Crippen molar-refractivity contribution < 1.29 is 9.59 Å². The highest BCUT2D eigenvalue weighted by molar-refractivity contribution is 6.15. The second-order valence-corrected chi connectivity index (χ2v) is 8.50. The molecule has 2 nitrogen and oxygen atoms in total. The second kappa shape index (κ2) is 4.91. The first-order chi connectivity index (χ1) is 10.2. The standard InChI is InChI=1S/C20H28O2/c1-12(2)14-10-16(21)20(5)17(22)11-19(4)9-8-13(3)6-7-15(19)18(14)20/h8,10,12,15,18H,6-7,9,11H2,1-5H3. The minimum atomic E-state index is -0.790. The fourth-order valence-electron chi connectivity index (χ4n) is 5.06. The lowest BCUT2D eigenvalue weighted by atomic mass is 9.50. The van der Waals surface area contributed by atoms with Gasteiger partial charge in [-0.2, -0.15) is 0 Å². The fraction of sp³-hybridized carbons (Fsp3) is 0.700. The van der Waals surface area contributed by atoms with Gasteiger partial charge < -0.3 is 0 Å². The molecule has 3 aliphatic rings. The van der Waals surface area contributed by atoms with Crippen molar-refractivity contribution in [2.45, 2.75) is 60.3 Å². The van der Waals surface area contributed by atoms with Gasteiger partial charge in [0.2, 0.25) is 0 Å². The highest BCUT2D eigenvalue weighted by Gasteiger charge is 2.62. The Morgan fingerprint density at radius 3 is 2.55 bits per heavy atom. The summed E-state index contributed by atoms with van der Waals surface area (Å²) in [5.74, 6) is 1.11. The molecule has 3 aliphatic carbocycles. The van der Waals surface area contributed by atoms with Crippen molar-refractivity contribution in [3.8, 4) is 0 Å². The summed E-state index contributed by atoms with van der Waals surface area (Å²) in [6, 6.07) is 0. The van der Waals surface area contributed by atoms with Crippen LogP contribution in [0.5, 0.6) is 0 Å². The summed E-state index contributed by atoms with van der Waals surface area (Å²) in [5.41, 5.74) is 1.88. The molecule has 0 heterocycles. The molecule has 0 bridgehead atoms. The number of Topliss-reactive ketones (excluding diaryl/α,β-unsaturated/α-hetero) is 1. The van der Waals surface area contributed by atoms with E-state index in [-0.39, 0.29) is 22.9 Å². The van der Waals surface area contributed by atoms with Crippen molar-refractivity contribution >= 4 is 11.6 Å². The Kier molecular flexibility index (Phi) is 3.50. The second-order valence-electron chi connectivity index (χ2n) is 8.50. The Morgan fingerprint density at radius 1 is 1.23 bits per heavy atom. The number of hydrogen-bond donors (Lipinski definition) is 0. The molecule has 0 radical (unpaired) electrons. The van der Waals surface area contributed by atoms with Crippen LogP contribution in [0.1, 0.15) is 60.3 Å². The van der Waals surface area contributed by atoms with E-state index in [1.165, 1.54) is 11.1 Å². The van der Waals surface area contributed by atoms with E-state index in [0.717, 1.165) is 19.3 Å². The molecule has 0 saturated heterocycles. The Morgan fingerprint density at radius 2 is 1.91 bits per heavy atom. The summed E-state index contributed by atoms with van der Waals surface area (Å²) in [4.78, 5) is 25.6. The minimum Gasteiger partial charge on any atom is -0.299 e. The van der Waals surface area contributed by atoms with E-state index in [1.54, 1.807) is 0 Å². The number of allylic oxidation sites excluding steroid dienone is 4. The van der Waals surface area contributed by atoms with E-state index in [2.05, 4.69) is 33.8 Å². The fourth-order valence-corrected chi connectivity index (χ4v) is 5.06. The van der Waals surface area contributed by atoms with Gasteiger partial charge in [-0.25, -0.2) is 0 Å². The lowest BCUT2D eigenvalue weighted by Gasteiger charge is -2.51. The van der Waals surface area contributed by atoms with Crippen molar-refractivity contribution in [2.24, 2.45) is 28.6 Å². The highest BCUT2D eigenvalue weighted by atomic mass is 16.2. The first kappa shape index (κ1) is 15.7. The molecule has 4 unspecified atom stereocenters. The molecule has 0 aromatic carbocycles. The van der Waals surface area contributed by atoms with E-state index in [0.29, 0.717) is 18.3 Å². The van der Waals surface area contributed by atoms with Gasteiger partial charge in [-0.05, 0) is 56.4 Å². The van der Waals surface area contributed by atoms with Crippen LogP contribution >= 0.6 is 0 Å². The van der Waals surface area contributed by atoms with E-state index < -0.39 is 5.41 Å². The molecule has 4 atom stereocenters. The first-order valence-corrected chi connectivity index (χ1v) is 8.65. The maximum Gasteiger partial charge on any atom is 0.169 e. The van der Waals surface area contributed by atoms with Gasteiger partial charge in [-0.3, -0.25) is 9.59 Å². The van der Waals surface area contributed by atoms with Crippen molar-refractivity contribution in [3.05, 3.63) is 23.3 Å². The average Bonchev–Trinajstić information content (AvgIpc) is 2.61. The van der Waals surface area contributed by atoms with Gasteiger partial charge in [0.15, 0.2) is 5.78 Å². The highest BCUT2D eigenvalue weighted by Crippen LogP contribution is 2.61. The van der Waals surface area contributed by atoms with Gasteiger partial charge in [0.25, 0.3) is 0 Å². The number of fused-ring (bicyclic) bond motifs is 3. The van der Waals surface area contributed by atoms with Crippen molar-refractivity contribution in [1.29, 1.82) is 0 Å². The summed E-state index contributed by atoms with van der Waals surface area (Å²) in [6.07, 6.45) is 7.86. The molecule has 22 heavy (non-hydrogen) atoms. The maximum atomic E-state index is 13.0.